The van der Waals surface area contributed by atoms with Crippen LogP contribution >= 0.6 is 0 Å². The lowest BCUT2D eigenvalue weighted by Gasteiger charge is -2.25. The van der Waals surface area contributed by atoms with E-state index in [0.29, 0.717) is 19.1 Å². The van der Waals surface area contributed by atoms with Gasteiger partial charge in [-0.25, -0.2) is 4.98 Å². The Labute approximate surface area is 128 Å². The van der Waals surface area contributed by atoms with Crippen LogP contribution in [0.2, 0.25) is 0 Å². The molecule has 0 fully saturated rings. The quantitative estimate of drug-likeness (QED) is 0.676. The van der Waals surface area contributed by atoms with Crippen molar-refractivity contribution < 1.29 is 9.47 Å². The highest BCUT2D eigenvalue weighted by Gasteiger charge is 2.12. The average molecular weight is 295 g/mol. The van der Waals surface area contributed by atoms with E-state index >= 15 is 0 Å². The Kier molecular flexibility index (Phi) is 8.98. The number of aromatic nitrogens is 1. The van der Waals surface area contributed by atoms with E-state index in [2.05, 4.69) is 35.1 Å². The average Bonchev–Trinajstić information content (AvgIpc) is 2.48. The molecule has 0 aromatic carbocycles. The van der Waals surface area contributed by atoms with Crippen LogP contribution in [0.15, 0.2) is 18.3 Å². The Hall–Kier alpha value is -1.17. The summed E-state index contributed by atoms with van der Waals surface area (Å²) in [6, 6.07) is 4.11. The van der Waals surface area contributed by atoms with Crippen molar-refractivity contribution >= 4 is 5.82 Å². The van der Waals surface area contributed by atoms with Gasteiger partial charge in [0.15, 0.2) is 0 Å². The SMILES string of the molecule is COCCN(CCOC)c1ncccc1CNCC(C)C. The number of anilines is 1. The zero-order chi connectivity index (χ0) is 15.5. The summed E-state index contributed by atoms with van der Waals surface area (Å²) < 4.78 is 10.4. The Bertz CT molecular complexity index is 378. The summed E-state index contributed by atoms with van der Waals surface area (Å²) in [5.41, 5.74) is 1.21. The Balaban J connectivity index is 2.75. The molecule has 5 nitrogen and oxygen atoms in total. The van der Waals surface area contributed by atoms with Crippen LogP contribution in [0.3, 0.4) is 0 Å². The van der Waals surface area contributed by atoms with E-state index in [1.54, 1.807) is 14.2 Å². The molecule has 0 amide bonds. The van der Waals surface area contributed by atoms with Crippen molar-refractivity contribution in [2.75, 3.05) is 52.0 Å². The van der Waals surface area contributed by atoms with Gasteiger partial charge in [0, 0.05) is 45.6 Å². The fourth-order valence-corrected chi connectivity index (χ4v) is 2.08. The van der Waals surface area contributed by atoms with Crippen LogP contribution in [-0.4, -0.2) is 52.1 Å². The van der Waals surface area contributed by atoms with Crippen molar-refractivity contribution in [3.63, 3.8) is 0 Å². The third kappa shape index (κ3) is 6.89. The third-order valence-corrected chi connectivity index (χ3v) is 3.17. The molecule has 0 aliphatic heterocycles. The number of ether oxygens (including phenoxy) is 2. The number of methoxy groups -OCH3 is 2. The van der Waals surface area contributed by atoms with E-state index in [1.165, 1.54) is 5.56 Å². The third-order valence-electron chi connectivity index (χ3n) is 3.17. The maximum absolute atomic E-state index is 5.20. The number of pyridine rings is 1. The molecule has 0 atom stereocenters. The minimum absolute atomic E-state index is 0.642. The van der Waals surface area contributed by atoms with Crippen LogP contribution in [-0.2, 0) is 16.0 Å². The Morgan fingerprint density at radius 1 is 1.19 bits per heavy atom. The van der Waals surface area contributed by atoms with Gasteiger partial charge in [-0.2, -0.15) is 0 Å². The molecule has 0 bridgehead atoms. The first-order valence-electron chi connectivity index (χ1n) is 7.56. The first-order chi connectivity index (χ1) is 10.2. The van der Waals surface area contributed by atoms with Crippen molar-refractivity contribution in [1.29, 1.82) is 0 Å². The summed E-state index contributed by atoms with van der Waals surface area (Å²) in [5.74, 6) is 1.66. The lowest BCUT2D eigenvalue weighted by Crippen LogP contribution is -2.33. The molecule has 1 rings (SSSR count). The number of rotatable bonds is 11. The van der Waals surface area contributed by atoms with Crippen molar-refractivity contribution in [2.24, 2.45) is 5.92 Å². The molecular weight excluding hydrogens is 266 g/mol. The van der Waals surface area contributed by atoms with Gasteiger partial charge in [0.05, 0.1) is 13.2 Å². The van der Waals surface area contributed by atoms with E-state index < -0.39 is 0 Å². The summed E-state index contributed by atoms with van der Waals surface area (Å²) in [7, 11) is 3.44. The van der Waals surface area contributed by atoms with Crippen LogP contribution in [0.1, 0.15) is 19.4 Å². The highest BCUT2D eigenvalue weighted by molar-refractivity contribution is 5.46. The predicted molar refractivity (Wildman–Crippen MR) is 86.7 cm³/mol. The van der Waals surface area contributed by atoms with Crippen LogP contribution in [0, 0.1) is 5.92 Å². The van der Waals surface area contributed by atoms with Gasteiger partial charge < -0.3 is 19.7 Å². The monoisotopic (exact) mass is 295 g/mol. The van der Waals surface area contributed by atoms with Gasteiger partial charge in [-0.15, -0.1) is 0 Å². The lowest BCUT2D eigenvalue weighted by atomic mass is 10.2. The van der Waals surface area contributed by atoms with Crippen molar-refractivity contribution in [3.8, 4) is 0 Å². The largest absolute Gasteiger partial charge is 0.383 e. The van der Waals surface area contributed by atoms with Crippen molar-refractivity contribution in [1.82, 2.24) is 10.3 Å². The second-order valence-corrected chi connectivity index (χ2v) is 5.48. The fraction of sp³-hybridized carbons (Fsp3) is 0.688. The summed E-state index contributed by atoms with van der Waals surface area (Å²) in [5, 5.41) is 3.48. The van der Waals surface area contributed by atoms with Gasteiger partial charge in [-0.3, -0.25) is 0 Å². The first kappa shape index (κ1) is 17.9. The van der Waals surface area contributed by atoms with Crippen LogP contribution in [0.4, 0.5) is 5.82 Å². The number of nitrogens with one attached hydrogen (secondary N) is 1. The summed E-state index contributed by atoms with van der Waals surface area (Å²) >= 11 is 0. The highest BCUT2D eigenvalue weighted by Crippen LogP contribution is 2.17. The molecule has 1 aromatic rings. The van der Waals surface area contributed by atoms with Gasteiger partial charge in [0.1, 0.15) is 5.82 Å². The molecule has 0 radical (unpaired) electrons. The first-order valence-corrected chi connectivity index (χ1v) is 7.56. The lowest BCUT2D eigenvalue weighted by molar-refractivity contribution is 0.190. The topological polar surface area (TPSA) is 46.6 Å². The molecule has 0 saturated heterocycles. The second kappa shape index (κ2) is 10.5. The van der Waals surface area contributed by atoms with Gasteiger partial charge in [0.2, 0.25) is 0 Å². The molecule has 0 aliphatic rings. The summed E-state index contributed by atoms with van der Waals surface area (Å²) in [6.45, 7) is 9.24. The Morgan fingerprint density at radius 2 is 1.86 bits per heavy atom. The van der Waals surface area contributed by atoms with Gasteiger partial charge in [-0.05, 0) is 18.5 Å². The highest BCUT2D eigenvalue weighted by atomic mass is 16.5. The van der Waals surface area contributed by atoms with Gasteiger partial charge in [0.25, 0.3) is 0 Å². The molecule has 1 aromatic heterocycles. The minimum atomic E-state index is 0.642. The van der Waals surface area contributed by atoms with E-state index in [-0.39, 0.29) is 0 Å². The standard InChI is InChI=1S/C16H29N3O2/c1-14(2)12-17-13-15-6-5-7-18-16(15)19(8-10-20-3)9-11-21-4/h5-7,14,17H,8-13H2,1-4H3. The van der Waals surface area contributed by atoms with E-state index in [0.717, 1.165) is 32.0 Å². The second-order valence-electron chi connectivity index (χ2n) is 5.48. The van der Waals surface area contributed by atoms with E-state index in [9.17, 15) is 0 Å². The normalized spacial score (nSPS) is 11.1. The number of hydrogen-bond donors (Lipinski definition) is 1. The van der Waals surface area contributed by atoms with Crippen molar-refractivity contribution in [3.05, 3.63) is 23.9 Å². The summed E-state index contributed by atoms with van der Waals surface area (Å²) in [6.07, 6.45) is 1.84. The summed E-state index contributed by atoms with van der Waals surface area (Å²) in [4.78, 5) is 6.78. The smallest absolute Gasteiger partial charge is 0.133 e. The number of hydrogen-bond acceptors (Lipinski definition) is 5. The van der Waals surface area contributed by atoms with Gasteiger partial charge in [-0.1, -0.05) is 19.9 Å². The van der Waals surface area contributed by atoms with E-state index in [1.807, 2.05) is 12.3 Å². The molecule has 0 aliphatic carbocycles. The zero-order valence-corrected chi connectivity index (χ0v) is 13.8. The molecule has 1 heterocycles. The van der Waals surface area contributed by atoms with Crippen LogP contribution < -0.4 is 10.2 Å². The maximum Gasteiger partial charge on any atom is 0.133 e. The zero-order valence-electron chi connectivity index (χ0n) is 13.8. The van der Waals surface area contributed by atoms with E-state index in [4.69, 9.17) is 9.47 Å². The molecule has 0 saturated carbocycles. The fourth-order valence-electron chi connectivity index (χ4n) is 2.08. The van der Waals surface area contributed by atoms with Crippen LogP contribution in [0.25, 0.3) is 0 Å². The molecule has 1 N–H and O–H groups in total. The molecule has 21 heavy (non-hydrogen) atoms. The molecular formula is C16H29N3O2. The molecule has 5 heteroatoms. The minimum Gasteiger partial charge on any atom is -0.383 e. The predicted octanol–water partition coefficient (Wildman–Crippen LogP) is 1.93. The Morgan fingerprint density at radius 3 is 2.43 bits per heavy atom. The van der Waals surface area contributed by atoms with Crippen molar-refractivity contribution in [2.45, 2.75) is 20.4 Å². The van der Waals surface area contributed by atoms with Gasteiger partial charge >= 0.3 is 0 Å². The maximum atomic E-state index is 5.20. The number of nitrogens with zero attached hydrogens (tertiary/aromatic N) is 2. The van der Waals surface area contributed by atoms with Crippen LogP contribution in [0.5, 0.6) is 0 Å². The molecule has 120 valence electrons. The molecule has 0 unspecified atom stereocenters. The molecule has 0 spiro atoms.